The van der Waals surface area contributed by atoms with Gasteiger partial charge in [-0.05, 0) is 31.3 Å². The molecule has 2 aromatic carbocycles. The number of halogens is 1. The minimum absolute atomic E-state index is 0.276. The van der Waals surface area contributed by atoms with E-state index in [1.54, 1.807) is 43.8 Å². The number of likely N-dealkylation sites (N-methyl/N-ethyl adjacent to an activating group) is 1. The molecule has 0 saturated heterocycles. The van der Waals surface area contributed by atoms with Crippen molar-refractivity contribution in [3.63, 3.8) is 0 Å². The smallest absolute Gasteiger partial charge is 0.165 e. The van der Waals surface area contributed by atoms with E-state index in [0.717, 1.165) is 27.8 Å². The topological polar surface area (TPSA) is 43.8 Å². The number of nitrogens with zero attached hydrogens (tertiary/aromatic N) is 2. The first-order chi connectivity index (χ1) is 13.6. The maximum atomic E-state index is 13.6. The summed E-state index contributed by atoms with van der Waals surface area (Å²) in [4.78, 5) is 6.81. The fourth-order valence-electron chi connectivity index (χ4n) is 2.71. The van der Waals surface area contributed by atoms with Gasteiger partial charge in [0.15, 0.2) is 11.6 Å². The van der Waals surface area contributed by atoms with Gasteiger partial charge in [-0.15, -0.1) is 11.3 Å². The summed E-state index contributed by atoms with van der Waals surface area (Å²) >= 11 is 1.57. The lowest BCUT2D eigenvalue weighted by Gasteiger charge is -2.16. The number of benzene rings is 2. The molecule has 0 aliphatic carbocycles. The average Bonchev–Trinajstić information content (AvgIpc) is 3.17. The van der Waals surface area contributed by atoms with Crippen molar-refractivity contribution in [1.82, 2.24) is 9.88 Å². The molecule has 0 aliphatic rings. The Labute approximate surface area is 168 Å². The molecule has 28 heavy (non-hydrogen) atoms. The Morgan fingerprint density at radius 2 is 1.89 bits per heavy atom. The molecule has 3 rings (SSSR count). The van der Waals surface area contributed by atoms with Gasteiger partial charge < -0.3 is 14.2 Å². The van der Waals surface area contributed by atoms with Gasteiger partial charge in [-0.25, -0.2) is 9.37 Å². The molecule has 0 amide bonds. The summed E-state index contributed by atoms with van der Waals surface area (Å²) in [6.45, 7) is 1.74. The van der Waals surface area contributed by atoms with Crippen LogP contribution in [0, 0.1) is 5.82 Å². The summed E-state index contributed by atoms with van der Waals surface area (Å²) in [5.41, 5.74) is 1.90. The second-order valence-electron chi connectivity index (χ2n) is 6.23. The van der Waals surface area contributed by atoms with Crippen molar-refractivity contribution in [2.24, 2.45) is 0 Å². The summed E-state index contributed by atoms with van der Waals surface area (Å²) in [6.07, 6.45) is 0. The fraction of sp³-hybridized carbons (Fsp3) is 0.286. The molecular weight excluding hydrogens is 379 g/mol. The second-order valence-corrected chi connectivity index (χ2v) is 7.08. The van der Waals surface area contributed by atoms with E-state index in [4.69, 9.17) is 19.2 Å². The quantitative estimate of drug-likeness (QED) is 0.528. The number of para-hydroxylation sites is 1. The van der Waals surface area contributed by atoms with Crippen LogP contribution in [0.5, 0.6) is 17.2 Å². The van der Waals surface area contributed by atoms with Gasteiger partial charge in [0.2, 0.25) is 0 Å². The molecule has 0 atom stereocenters. The van der Waals surface area contributed by atoms with Crippen molar-refractivity contribution in [3.05, 3.63) is 59.4 Å². The Morgan fingerprint density at radius 1 is 1.07 bits per heavy atom. The van der Waals surface area contributed by atoms with E-state index < -0.39 is 0 Å². The van der Waals surface area contributed by atoms with Crippen LogP contribution in [0.4, 0.5) is 4.39 Å². The Balaban J connectivity index is 1.58. The Bertz CT molecular complexity index is 916. The number of methoxy groups -OCH3 is 2. The van der Waals surface area contributed by atoms with Crippen LogP contribution in [0.3, 0.4) is 0 Å². The summed E-state index contributed by atoms with van der Waals surface area (Å²) in [7, 11) is 5.25. The lowest BCUT2D eigenvalue weighted by atomic mass is 10.2. The lowest BCUT2D eigenvalue weighted by Crippen LogP contribution is -2.24. The van der Waals surface area contributed by atoms with E-state index in [1.165, 1.54) is 6.07 Å². The van der Waals surface area contributed by atoms with Crippen LogP contribution in [-0.2, 0) is 6.54 Å². The first-order valence-corrected chi connectivity index (χ1v) is 9.71. The summed E-state index contributed by atoms with van der Waals surface area (Å²) in [6, 6.07) is 12.1. The van der Waals surface area contributed by atoms with Crippen LogP contribution in [-0.4, -0.2) is 44.3 Å². The molecular formula is C21H23FN2O3S. The maximum absolute atomic E-state index is 13.6. The van der Waals surface area contributed by atoms with Crippen molar-refractivity contribution in [2.45, 2.75) is 6.54 Å². The van der Waals surface area contributed by atoms with Gasteiger partial charge in [0.1, 0.15) is 23.1 Å². The zero-order valence-electron chi connectivity index (χ0n) is 16.1. The van der Waals surface area contributed by atoms with E-state index in [1.807, 2.05) is 30.6 Å². The van der Waals surface area contributed by atoms with Crippen LogP contribution in [0.2, 0.25) is 0 Å². The number of aromatic nitrogens is 1. The van der Waals surface area contributed by atoms with Crippen molar-refractivity contribution < 1.29 is 18.6 Å². The van der Waals surface area contributed by atoms with Crippen LogP contribution in [0.1, 0.15) is 5.69 Å². The SMILES string of the molecule is COc1ccc(-c2nc(CN(C)CCOc3ccccc3F)cs2)c(OC)c1. The Morgan fingerprint density at radius 3 is 2.64 bits per heavy atom. The third-order valence-electron chi connectivity index (χ3n) is 4.19. The molecule has 0 aliphatic heterocycles. The van der Waals surface area contributed by atoms with E-state index in [0.29, 0.717) is 19.7 Å². The monoisotopic (exact) mass is 402 g/mol. The highest BCUT2D eigenvalue weighted by Gasteiger charge is 2.13. The predicted molar refractivity (Wildman–Crippen MR) is 109 cm³/mol. The van der Waals surface area contributed by atoms with Crippen LogP contribution >= 0.6 is 11.3 Å². The zero-order chi connectivity index (χ0) is 19.9. The zero-order valence-corrected chi connectivity index (χ0v) is 17.0. The molecule has 0 fully saturated rings. The fourth-order valence-corrected chi connectivity index (χ4v) is 3.55. The summed E-state index contributed by atoms with van der Waals surface area (Å²) < 4.78 is 29.8. The normalized spacial score (nSPS) is 10.9. The van der Waals surface area contributed by atoms with Crippen molar-refractivity contribution in [1.29, 1.82) is 0 Å². The maximum Gasteiger partial charge on any atom is 0.165 e. The molecule has 3 aromatic rings. The van der Waals surface area contributed by atoms with E-state index in [2.05, 4.69) is 4.90 Å². The lowest BCUT2D eigenvalue weighted by molar-refractivity contribution is 0.225. The van der Waals surface area contributed by atoms with Gasteiger partial charge in [0, 0.05) is 24.5 Å². The number of rotatable bonds is 9. The molecule has 0 N–H and O–H groups in total. The van der Waals surface area contributed by atoms with Crippen molar-refractivity contribution >= 4 is 11.3 Å². The molecule has 0 saturated carbocycles. The van der Waals surface area contributed by atoms with Crippen LogP contribution in [0.15, 0.2) is 47.8 Å². The van der Waals surface area contributed by atoms with Gasteiger partial charge in [-0.3, -0.25) is 4.90 Å². The van der Waals surface area contributed by atoms with Gasteiger partial charge in [0.05, 0.1) is 25.5 Å². The first kappa shape index (κ1) is 20.1. The minimum Gasteiger partial charge on any atom is -0.497 e. The predicted octanol–water partition coefficient (Wildman–Crippen LogP) is 4.48. The van der Waals surface area contributed by atoms with Crippen molar-refractivity contribution in [3.8, 4) is 27.8 Å². The molecule has 1 aromatic heterocycles. The highest BCUT2D eigenvalue weighted by atomic mass is 32.1. The number of hydrogen-bond donors (Lipinski definition) is 0. The first-order valence-electron chi connectivity index (χ1n) is 8.83. The van der Waals surface area contributed by atoms with Gasteiger partial charge in [-0.2, -0.15) is 0 Å². The van der Waals surface area contributed by atoms with Gasteiger partial charge >= 0.3 is 0 Å². The highest BCUT2D eigenvalue weighted by Crippen LogP contribution is 2.35. The third kappa shape index (κ3) is 4.99. The van der Waals surface area contributed by atoms with Gasteiger partial charge in [-0.1, -0.05) is 12.1 Å². The number of thiazole rings is 1. The van der Waals surface area contributed by atoms with E-state index in [9.17, 15) is 4.39 Å². The molecule has 5 nitrogen and oxygen atoms in total. The molecule has 0 spiro atoms. The molecule has 7 heteroatoms. The largest absolute Gasteiger partial charge is 0.497 e. The standard InChI is InChI=1S/C21H23FN2O3S/c1-24(10-11-27-19-7-5-4-6-18(19)22)13-15-14-28-21(23-15)17-9-8-16(25-2)12-20(17)26-3/h4-9,12,14H,10-11,13H2,1-3H3. The Kier molecular flexibility index (Phi) is 6.84. The second kappa shape index (κ2) is 9.52. The molecule has 1 heterocycles. The third-order valence-corrected chi connectivity index (χ3v) is 5.11. The Hall–Kier alpha value is -2.64. The summed E-state index contributed by atoms with van der Waals surface area (Å²) in [5, 5.41) is 2.93. The molecule has 148 valence electrons. The average molecular weight is 402 g/mol. The number of hydrogen-bond acceptors (Lipinski definition) is 6. The van der Waals surface area contributed by atoms with Crippen molar-refractivity contribution in [2.75, 3.05) is 34.4 Å². The summed E-state index contributed by atoms with van der Waals surface area (Å²) in [5.74, 6) is 1.40. The molecule has 0 unspecified atom stereocenters. The van der Waals surface area contributed by atoms with Crippen LogP contribution in [0.25, 0.3) is 10.6 Å². The minimum atomic E-state index is -0.345. The van der Waals surface area contributed by atoms with E-state index in [-0.39, 0.29) is 11.6 Å². The molecule has 0 bridgehead atoms. The van der Waals surface area contributed by atoms with Gasteiger partial charge in [0.25, 0.3) is 0 Å². The molecule has 0 radical (unpaired) electrons. The van der Waals surface area contributed by atoms with Crippen LogP contribution < -0.4 is 14.2 Å². The number of ether oxygens (including phenoxy) is 3. The van der Waals surface area contributed by atoms with E-state index >= 15 is 0 Å². The highest BCUT2D eigenvalue weighted by molar-refractivity contribution is 7.13.